The molecule has 1 aromatic heterocycles. The Morgan fingerprint density at radius 1 is 1.35 bits per heavy atom. The molecule has 0 bridgehead atoms. The lowest BCUT2D eigenvalue weighted by Crippen LogP contribution is -2.74. The number of pyridine rings is 1. The highest BCUT2D eigenvalue weighted by molar-refractivity contribution is 5.99. The fourth-order valence-electron chi connectivity index (χ4n) is 3.66. The van der Waals surface area contributed by atoms with Crippen LogP contribution in [0.5, 0.6) is 0 Å². The third-order valence-corrected chi connectivity index (χ3v) is 5.67. The molecule has 8 heteroatoms. The van der Waals surface area contributed by atoms with Crippen LogP contribution in [0.15, 0.2) is 18.3 Å². The molecule has 0 aromatic carbocycles. The summed E-state index contributed by atoms with van der Waals surface area (Å²) in [6.07, 6.45) is 4.70. The normalized spacial score (nSPS) is 26.3. The molecule has 1 aromatic rings. The van der Waals surface area contributed by atoms with Gasteiger partial charge >= 0.3 is 0 Å². The van der Waals surface area contributed by atoms with Gasteiger partial charge in [0.05, 0.1) is 18.0 Å². The van der Waals surface area contributed by atoms with E-state index in [1.54, 1.807) is 6.20 Å². The van der Waals surface area contributed by atoms with Crippen molar-refractivity contribution in [3.05, 3.63) is 18.3 Å². The zero-order chi connectivity index (χ0) is 17.4. The van der Waals surface area contributed by atoms with Gasteiger partial charge in [0, 0.05) is 31.5 Å². The highest BCUT2D eigenvalue weighted by Gasteiger charge is 2.62. The molecule has 6 nitrogen and oxygen atoms in total. The van der Waals surface area contributed by atoms with Gasteiger partial charge in [-0.1, -0.05) is 13.8 Å². The van der Waals surface area contributed by atoms with Crippen LogP contribution in [0.3, 0.4) is 0 Å². The van der Waals surface area contributed by atoms with E-state index in [-0.39, 0.29) is 36.8 Å². The number of anilines is 2. The van der Waals surface area contributed by atoms with Crippen molar-refractivity contribution >= 4 is 42.2 Å². The molecule has 2 unspecified atom stereocenters. The maximum atomic E-state index is 12.7. The molecule has 1 saturated heterocycles. The fraction of sp³-hybridized carbons (Fsp3) is 0.667. The Labute approximate surface area is 168 Å². The summed E-state index contributed by atoms with van der Waals surface area (Å²) in [5.74, 6) is 0.799. The first-order valence-electron chi connectivity index (χ1n) is 8.81. The number of ether oxygens (including phenoxy) is 1. The molecule has 2 fully saturated rings. The van der Waals surface area contributed by atoms with Crippen LogP contribution in [0.25, 0.3) is 0 Å². The van der Waals surface area contributed by atoms with Crippen molar-refractivity contribution in [2.75, 3.05) is 29.9 Å². The third-order valence-electron chi connectivity index (χ3n) is 5.67. The molecule has 3 rings (SSSR count). The number of nitrogens with two attached hydrogens (primary N) is 1. The lowest BCUT2D eigenvalue weighted by molar-refractivity contribution is -0.166. The van der Waals surface area contributed by atoms with E-state index < -0.39 is 11.0 Å². The Balaban J connectivity index is 0.00000169. The standard InChI is InChI=1S/C18H28N4O2.2ClH/c1-4-24-14-11-18(19,17(14,2)3)16(23)21-13-7-8-15(20-12-13)22-9-5-6-10-22;;/h7-8,12,14H,4-6,9-11,19H2,1-3H3,(H,21,23);2*1H. The van der Waals surface area contributed by atoms with Crippen LogP contribution in [0, 0.1) is 5.41 Å². The average molecular weight is 405 g/mol. The molecule has 2 atom stereocenters. The summed E-state index contributed by atoms with van der Waals surface area (Å²) < 4.78 is 5.68. The van der Waals surface area contributed by atoms with Gasteiger partial charge in [-0.25, -0.2) is 4.98 Å². The Bertz CT molecular complexity index is 606. The summed E-state index contributed by atoms with van der Waals surface area (Å²) in [6.45, 7) is 8.68. The minimum atomic E-state index is -0.916. The van der Waals surface area contributed by atoms with Crippen LogP contribution in [0.4, 0.5) is 11.5 Å². The maximum absolute atomic E-state index is 12.7. The second-order valence-electron chi connectivity index (χ2n) is 7.39. The number of hydrogen-bond acceptors (Lipinski definition) is 5. The van der Waals surface area contributed by atoms with Gasteiger partial charge in [0.15, 0.2) is 0 Å². The smallest absolute Gasteiger partial charge is 0.245 e. The predicted molar refractivity (Wildman–Crippen MR) is 110 cm³/mol. The van der Waals surface area contributed by atoms with E-state index in [9.17, 15) is 4.79 Å². The molecule has 1 amide bonds. The molecular formula is C18H30Cl2N4O2. The van der Waals surface area contributed by atoms with Crippen LogP contribution in [-0.2, 0) is 9.53 Å². The van der Waals surface area contributed by atoms with Crippen molar-refractivity contribution in [1.82, 2.24) is 4.98 Å². The number of carbonyl (C=O) groups excluding carboxylic acids is 1. The van der Waals surface area contributed by atoms with Crippen molar-refractivity contribution in [1.29, 1.82) is 0 Å². The minimum Gasteiger partial charge on any atom is -0.378 e. The first-order chi connectivity index (χ1) is 11.4. The Kier molecular flexibility index (Phi) is 7.72. The summed E-state index contributed by atoms with van der Waals surface area (Å²) in [4.78, 5) is 19.4. The van der Waals surface area contributed by atoms with E-state index in [0.717, 1.165) is 18.9 Å². The van der Waals surface area contributed by atoms with E-state index in [1.807, 2.05) is 32.9 Å². The second kappa shape index (κ2) is 8.74. The Morgan fingerprint density at radius 3 is 2.50 bits per heavy atom. The number of rotatable bonds is 5. The summed E-state index contributed by atoms with van der Waals surface area (Å²) in [5.41, 5.74) is 5.78. The number of nitrogens with one attached hydrogen (secondary N) is 1. The fourth-order valence-corrected chi connectivity index (χ4v) is 3.66. The maximum Gasteiger partial charge on any atom is 0.245 e. The van der Waals surface area contributed by atoms with Crippen molar-refractivity contribution < 1.29 is 9.53 Å². The Morgan fingerprint density at radius 2 is 2.00 bits per heavy atom. The highest BCUT2D eigenvalue weighted by atomic mass is 35.5. The third kappa shape index (κ3) is 3.93. The molecular weight excluding hydrogens is 375 g/mol. The van der Waals surface area contributed by atoms with Gasteiger partial charge in [0.2, 0.25) is 5.91 Å². The summed E-state index contributed by atoms with van der Waals surface area (Å²) in [7, 11) is 0. The quantitative estimate of drug-likeness (QED) is 0.787. The predicted octanol–water partition coefficient (Wildman–Crippen LogP) is 3.00. The van der Waals surface area contributed by atoms with Gasteiger partial charge in [-0.15, -0.1) is 24.8 Å². The van der Waals surface area contributed by atoms with E-state index in [4.69, 9.17) is 10.5 Å². The molecule has 0 radical (unpaired) electrons. The van der Waals surface area contributed by atoms with Crippen LogP contribution < -0.4 is 16.0 Å². The van der Waals surface area contributed by atoms with Gasteiger partial charge in [-0.05, 0) is 31.9 Å². The number of aromatic nitrogens is 1. The molecule has 26 heavy (non-hydrogen) atoms. The van der Waals surface area contributed by atoms with Crippen molar-refractivity contribution in [2.45, 2.75) is 51.7 Å². The average Bonchev–Trinajstić information content (AvgIpc) is 3.09. The first-order valence-corrected chi connectivity index (χ1v) is 8.81. The molecule has 0 spiro atoms. The van der Waals surface area contributed by atoms with E-state index >= 15 is 0 Å². The lowest BCUT2D eigenvalue weighted by atomic mass is 9.54. The van der Waals surface area contributed by atoms with Gasteiger partial charge in [0.1, 0.15) is 11.4 Å². The summed E-state index contributed by atoms with van der Waals surface area (Å²) in [6, 6.07) is 3.85. The van der Waals surface area contributed by atoms with Crippen LogP contribution in [0.1, 0.15) is 40.0 Å². The molecule has 2 aliphatic rings. The highest BCUT2D eigenvalue weighted by Crippen LogP contribution is 2.50. The Hall–Kier alpha value is -1.08. The lowest BCUT2D eigenvalue weighted by Gasteiger charge is -2.57. The van der Waals surface area contributed by atoms with Gasteiger partial charge in [-0.2, -0.15) is 0 Å². The molecule has 3 N–H and O–H groups in total. The molecule has 1 aliphatic heterocycles. The van der Waals surface area contributed by atoms with Crippen molar-refractivity contribution in [3.63, 3.8) is 0 Å². The number of halogens is 2. The van der Waals surface area contributed by atoms with E-state index in [1.165, 1.54) is 12.8 Å². The van der Waals surface area contributed by atoms with Crippen molar-refractivity contribution in [2.24, 2.45) is 11.1 Å². The minimum absolute atomic E-state index is 0. The van der Waals surface area contributed by atoms with E-state index in [0.29, 0.717) is 18.7 Å². The number of carbonyl (C=O) groups is 1. The van der Waals surface area contributed by atoms with Crippen molar-refractivity contribution in [3.8, 4) is 0 Å². The molecule has 1 aliphatic carbocycles. The second-order valence-corrected chi connectivity index (χ2v) is 7.39. The first kappa shape index (κ1) is 23.0. The van der Waals surface area contributed by atoms with Gasteiger partial charge in [0.25, 0.3) is 0 Å². The molecule has 1 saturated carbocycles. The number of hydrogen-bond donors (Lipinski definition) is 2. The SMILES string of the molecule is CCOC1CC(N)(C(=O)Nc2ccc(N3CCCC3)nc2)C1(C)C.Cl.Cl. The molecule has 2 heterocycles. The number of amides is 1. The van der Waals surface area contributed by atoms with Gasteiger partial charge < -0.3 is 20.7 Å². The molecule has 148 valence electrons. The monoisotopic (exact) mass is 404 g/mol. The number of nitrogens with zero attached hydrogens (tertiary/aromatic N) is 2. The zero-order valence-corrected chi connectivity index (χ0v) is 17.3. The van der Waals surface area contributed by atoms with Gasteiger partial charge in [-0.3, -0.25) is 4.79 Å². The largest absolute Gasteiger partial charge is 0.378 e. The summed E-state index contributed by atoms with van der Waals surface area (Å²) in [5, 5.41) is 2.92. The topological polar surface area (TPSA) is 80.5 Å². The van der Waals surface area contributed by atoms with E-state index in [2.05, 4.69) is 15.2 Å². The summed E-state index contributed by atoms with van der Waals surface area (Å²) >= 11 is 0. The van der Waals surface area contributed by atoms with Crippen LogP contribution in [0.2, 0.25) is 0 Å². The van der Waals surface area contributed by atoms with Crippen LogP contribution >= 0.6 is 24.8 Å². The van der Waals surface area contributed by atoms with Crippen LogP contribution in [-0.4, -0.2) is 42.2 Å². The zero-order valence-electron chi connectivity index (χ0n) is 15.7.